The van der Waals surface area contributed by atoms with Gasteiger partial charge in [-0.25, -0.2) is 0 Å². The van der Waals surface area contributed by atoms with Gasteiger partial charge in [0.25, 0.3) is 0 Å². The molecule has 0 bridgehead atoms. The number of unbranched alkanes of at least 4 members (excludes halogenated alkanes) is 3. The van der Waals surface area contributed by atoms with Crippen LogP contribution in [0.2, 0.25) is 0 Å². The number of aliphatic hydroxyl groups is 1. The molecule has 0 aliphatic rings. The van der Waals surface area contributed by atoms with E-state index in [1.54, 1.807) is 7.11 Å². The minimum absolute atomic E-state index is 0.346. The molecule has 2 nitrogen and oxygen atoms in total. The Balaban J connectivity index is 1.96. The molecule has 0 aliphatic heterocycles. The molecule has 0 aromatic heterocycles. The zero-order valence-electron chi connectivity index (χ0n) is 13.6. The van der Waals surface area contributed by atoms with Crippen LogP contribution in [0.4, 0.5) is 0 Å². The summed E-state index contributed by atoms with van der Waals surface area (Å²) in [4.78, 5) is 0. The predicted molar refractivity (Wildman–Crippen MR) is 92.1 cm³/mol. The Morgan fingerprint density at radius 1 is 0.864 bits per heavy atom. The quantitative estimate of drug-likeness (QED) is 0.664. The first-order chi connectivity index (χ1) is 10.7. The molecule has 0 aliphatic carbocycles. The zero-order chi connectivity index (χ0) is 15.8. The smallest absolute Gasteiger partial charge is 0.118 e. The fraction of sp³-hybridized carbons (Fsp3) is 0.400. The fourth-order valence-corrected chi connectivity index (χ4v) is 2.61. The average molecular weight is 298 g/mol. The first-order valence-corrected chi connectivity index (χ1v) is 8.17. The van der Waals surface area contributed by atoms with Gasteiger partial charge in [0.05, 0.1) is 13.2 Å². The maximum atomic E-state index is 10.2. The van der Waals surface area contributed by atoms with Crippen LogP contribution in [0.5, 0.6) is 5.75 Å². The summed E-state index contributed by atoms with van der Waals surface area (Å²) in [5.41, 5.74) is 3.32. The fourth-order valence-electron chi connectivity index (χ4n) is 2.61. The second kappa shape index (κ2) is 8.60. The molecule has 2 heteroatoms. The highest BCUT2D eigenvalue weighted by Gasteiger charge is 2.07. The first-order valence-electron chi connectivity index (χ1n) is 8.17. The van der Waals surface area contributed by atoms with Gasteiger partial charge in [-0.05, 0) is 35.2 Å². The average Bonchev–Trinajstić information content (AvgIpc) is 2.59. The van der Waals surface area contributed by atoms with Gasteiger partial charge >= 0.3 is 0 Å². The molecule has 2 aromatic rings. The predicted octanol–water partition coefficient (Wildman–Crippen LogP) is 5.37. The van der Waals surface area contributed by atoms with Gasteiger partial charge in [0, 0.05) is 0 Å². The highest BCUT2D eigenvalue weighted by atomic mass is 16.5. The summed E-state index contributed by atoms with van der Waals surface area (Å²) in [7, 11) is 1.67. The normalized spacial score (nSPS) is 12.1. The van der Waals surface area contributed by atoms with E-state index in [1.807, 2.05) is 24.3 Å². The Hall–Kier alpha value is -1.80. The SMILES string of the molecule is CCCCCCC(O)c1ccc(-c2ccc(OC)cc2)cc1. The van der Waals surface area contributed by atoms with E-state index in [2.05, 4.69) is 31.2 Å². The van der Waals surface area contributed by atoms with Crippen molar-refractivity contribution >= 4 is 0 Å². The van der Waals surface area contributed by atoms with E-state index in [9.17, 15) is 5.11 Å². The van der Waals surface area contributed by atoms with E-state index in [0.29, 0.717) is 0 Å². The molecule has 0 spiro atoms. The highest BCUT2D eigenvalue weighted by molar-refractivity contribution is 5.64. The van der Waals surface area contributed by atoms with E-state index >= 15 is 0 Å². The number of ether oxygens (including phenoxy) is 1. The molecular weight excluding hydrogens is 272 g/mol. The van der Waals surface area contributed by atoms with E-state index < -0.39 is 0 Å². The van der Waals surface area contributed by atoms with Gasteiger partial charge in [-0.3, -0.25) is 0 Å². The van der Waals surface area contributed by atoms with Crippen LogP contribution in [0.1, 0.15) is 50.7 Å². The van der Waals surface area contributed by atoms with Gasteiger partial charge in [-0.15, -0.1) is 0 Å². The van der Waals surface area contributed by atoms with Crippen molar-refractivity contribution in [3.63, 3.8) is 0 Å². The Kier molecular flexibility index (Phi) is 6.47. The lowest BCUT2D eigenvalue weighted by molar-refractivity contribution is 0.163. The third-order valence-electron chi connectivity index (χ3n) is 4.05. The standard InChI is InChI=1S/C20H26O2/c1-3-4-5-6-7-20(21)18-10-8-16(9-11-18)17-12-14-19(22-2)15-13-17/h8-15,20-21H,3-7H2,1-2H3. The maximum Gasteiger partial charge on any atom is 0.118 e. The summed E-state index contributed by atoms with van der Waals surface area (Å²) >= 11 is 0. The van der Waals surface area contributed by atoms with Crippen LogP contribution in [0.25, 0.3) is 11.1 Å². The molecule has 0 radical (unpaired) electrons. The van der Waals surface area contributed by atoms with Crippen molar-refractivity contribution in [2.24, 2.45) is 0 Å². The van der Waals surface area contributed by atoms with Crippen LogP contribution in [0.15, 0.2) is 48.5 Å². The van der Waals surface area contributed by atoms with E-state index in [1.165, 1.54) is 19.3 Å². The Bertz CT molecular complexity index is 543. The summed E-state index contributed by atoms with van der Waals surface area (Å²) < 4.78 is 5.18. The Morgan fingerprint density at radius 3 is 2.00 bits per heavy atom. The molecule has 2 rings (SSSR count). The topological polar surface area (TPSA) is 29.5 Å². The zero-order valence-corrected chi connectivity index (χ0v) is 13.6. The number of hydrogen-bond acceptors (Lipinski definition) is 2. The van der Waals surface area contributed by atoms with Crippen molar-refractivity contribution in [2.75, 3.05) is 7.11 Å². The third kappa shape index (κ3) is 4.60. The number of methoxy groups -OCH3 is 1. The van der Waals surface area contributed by atoms with Crippen molar-refractivity contribution in [2.45, 2.75) is 45.1 Å². The molecule has 0 heterocycles. The molecule has 0 saturated carbocycles. The summed E-state index contributed by atoms with van der Waals surface area (Å²) in [6.45, 7) is 2.20. The van der Waals surface area contributed by atoms with Crippen molar-refractivity contribution in [3.8, 4) is 16.9 Å². The minimum Gasteiger partial charge on any atom is -0.497 e. The summed E-state index contributed by atoms with van der Waals surface area (Å²) in [6, 6.07) is 16.2. The van der Waals surface area contributed by atoms with Gasteiger partial charge in [-0.1, -0.05) is 69.0 Å². The number of hydrogen-bond donors (Lipinski definition) is 1. The van der Waals surface area contributed by atoms with Crippen LogP contribution < -0.4 is 4.74 Å². The molecule has 0 fully saturated rings. The number of benzene rings is 2. The van der Waals surface area contributed by atoms with Gasteiger partial charge in [0.1, 0.15) is 5.75 Å². The highest BCUT2D eigenvalue weighted by Crippen LogP contribution is 2.26. The largest absolute Gasteiger partial charge is 0.497 e. The van der Waals surface area contributed by atoms with Crippen LogP contribution in [-0.2, 0) is 0 Å². The van der Waals surface area contributed by atoms with Gasteiger partial charge in [0.15, 0.2) is 0 Å². The summed E-state index contributed by atoms with van der Waals surface area (Å²) in [6.07, 6.45) is 5.28. The monoisotopic (exact) mass is 298 g/mol. The molecule has 1 atom stereocenters. The number of rotatable bonds is 8. The Morgan fingerprint density at radius 2 is 1.45 bits per heavy atom. The molecular formula is C20H26O2. The van der Waals surface area contributed by atoms with Crippen LogP contribution >= 0.6 is 0 Å². The minimum atomic E-state index is -0.346. The lowest BCUT2D eigenvalue weighted by Gasteiger charge is -2.12. The van der Waals surface area contributed by atoms with Gasteiger partial charge < -0.3 is 9.84 Å². The third-order valence-corrected chi connectivity index (χ3v) is 4.05. The van der Waals surface area contributed by atoms with E-state index in [4.69, 9.17) is 4.74 Å². The van der Waals surface area contributed by atoms with E-state index in [0.717, 1.165) is 35.3 Å². The van der Waals surface area contributed by atoms with Crippen molar-refractivity contribution in [3.05, 3.63) is 54.1 Å². The van der Waals surface area contributed by atoms with Crippen LogP contribution in [0.3, 0.4) is 0 Å². The summed E-state index contributed by atoms with van der Waals surface area (Å²) in [5.74, 6) is 0.864. The van der Waals surface area contributed by atoms with Crippen molar-refractivity contribution in [1.29, 1.82) is 0 Å². The number of aliphatic hydroxyl groups excluding tert-OH is 1. The van der Waals surface area contributed by atoms with Gasteiger partial charge in [0.2, 0.25) is 0 Å². The van der Waals surface area contributed by atoms with Crippen molar-refractivity contribution in [1.82, 2.24) is 0 Å². The van der Waals surface area contributed by atoms with Crippen molar-refractivity contribution < 1.29 is 9.84 Å². The first kappa shape index (κ1) is 16.6. The van der Waals surface area contributed by atoms with E-state index in [-0.39, 0.29) is 6.10 Å². The maximum absolute atomic E-state index is 10.2. The molecule has 0 amide bonds. The molecule has 118 valence electrons. The lowest BCUT2D eigenvalue weighted by Crippen LogP contribution is -1.97. The van der Waals surface area contributed by atoms with Crippen LogP contribution in [-0.4, -0.2) is 12.2 Å². The molecule has 1 unspecified atom stereocenters. The molecule has 0 saturated heterocycles. The van der Waals surface area contributed by atoms with Gasteiger partial charge in [-0.2, -0.15) is 0 Å². The lowest BCUT2D eigenvalue weighted by atomic mass is 9.99. The molecule has 22 heavy (non-hydrogen) atoms. The second-order valence-electron chi connectivity index (χ2n) is 5.72. The molecule has 1 N–H and O–H groups in total. The Labute approximate surface area is 133 Å². The van der Waals surface area contributed by atoms with Crippen LogP contribution in [0, 0.1) is 0 Å². The second-order valence-corrected chi connectivity index (χ2v) is 5.72. The summed E-state index contributed by atoms with van der Waals surface area (Å²) in [5, 5.41) is 10.2. The molecule has 2 aromatic carbocycles.